The Morgan fingerprint density at radius 3 is 2.68 bits per heavy atom. The minimum atomic E-state index is 0.757. The van der Waals surface area contributed by atoms with Crippen molar-refractivity contribution in [3.63, 3.8) is 0 Å². The molecule has 0 amide bonds. The van der Waals surface area contributed by atoms with Gasteiger partial charge in [0.25, 0.3) is 0 Å². The number of nitrogens with zero attached hydrogens (tertiary/aromatic N) is 2. The average Bonchev–Trinajstić information content (AvgIpc) is 3.02. The van der Waals surface area contributed by atoms with Crippen molar-refractivity contribution in [2.45, 2.75) is 40.0 Å². The maximum atomic E-state index is 4.30. The fourth-order valence-electron chi connectivity index (χ4n) is 2.50. The summed E-state index contributed by atoms with van der Waals surface area (Å²) in [5.74, 6) is 0.757. The topological polar surface area (TPSA) is 65.6 Å². The number of aromatic amines is 1. The molecule has 0 fully saturated rings. The van der Waals surface area contributed by atoms with Crippen molar-refractivity contribution >= 4 is 17.1 Å². The minimum Gasteiger partial charge on any atom is -0.384 e. The molecule has 5 heteroatoms. The molecule has 25 heavy (non-hydrogen) atoms. The summed E-state index contributed by atoms with van der Waals surface area (Å²) in [6, 6.07) is 3.97. The number of aromatic nitrogens is 3. The molecule has 0 aliphatic carbocycles. The first-order valence-corrected chi connectivity index (χ1v) is 8.83. The van der Waals surface area contributed by atoms with E-state index in [2.05, 4.69) is 52.8 Å². The van der Waals surface area contributed by atoms with Crippen molar-refractivity contribution in [1.82, 2.24) is 20.5 Å². The standard InChI is InChI=1S/C20H29N5/c1-14(2)8-6-7-11-21-17(5)20-19(13-23-25-20)24-16(4)18-10-9-15(3)22-12-18/h9-10,12-14,21,24H,4-8,11H2,1-3H3,(H,23,25). The zero-order valence-electron chi connectivity index (χ0n) is 15.5. The van der Waals surface area contributed by atoms with Crippen molar-refractivity contribution in [3.8, 4) is 0 Å². The van der Waals surface area contributed by atoms with Crippen LogP contribution in [0.4, 0.5) is 5.69 Å². The molecule has 0 aliphatic heterocycles. The van der Waals surface area contributed by atoms with Gasteiger partial charge in [0.2, 0.25) is 0 Å². The summed E-state index contributed by atoms with van der Waals surface area (Å²) >= 11 is 0. The highest BCUT2D eigenvalue weighted by molar-refractivity contribution is 5.80. The molecule has 134 valence electrons. The summed E-state index contributed by atoms with van der Waals surface area (Å²) in [6.45, 7) is 15.6. The Kier molecular flexibility index (Phi) is 6.81. The number of pyridine rings is 1. The normalized spacial score (nSPS) is 10.7. The zero-order valence-corrected chi connectivity index (χ0v) is 15.5. The Bertz CT molecular complexity index is 697. The zero-order chi connectivity index (χ0) is 18.2. The van der Waals surface area contributed by atoms with Crippen LogP contribution in [-0.4, -0.2) is 21.7 Å². The molecule has 3 N–H and O–H groups in total. The molecule has 0 atom stereocenters. The molecule has 5 nitrogen and oxygen atoms in total. The lowest BCUT2D eigenvalue weighted by molar-refractivity contribution is 0.534. The van der Waals surface area contributed by atoms with Gasteiger partial charge in [-0.05, 0) is 31.4 Å². The lowest BCUT2D eigenvalue weighted by Crippen LogP contribution is -2.14. The third-order valence-electron chi connectivity index (χ3n) is 4.02. The molecule has 0 aliphatic rings. The van der Waals surface area contributed by atoms with Gasteiger partial charge in [-0.3, -0.25) is 10.1 Å². The van der Waals surface area contributed by atoms with Crippen LogP contribution in [0.1, 0.15) is 50.1 Å². The van der Waals surface area contributed by atoms with Crippen LogP contribution in [0.5, 0.6) is 0 Å². The highest BCUT2D eigenvalue weighted by atomic mass is 15.2. The van der Waals surface area contributed by atoms with E-state index in [0.29, 0.717) is 0 Å². The lowest BCUT2D eigenvalue weighted by Gasteiger charge is -2.12. The van der Waals surface area contributed by atoms with Gasteiger partial charge in [0.1, 0.15) is 5.69 Å². The van der Waals surface area contributed by atoms with E-state index in [1.54, 1.807) is 0 Å². The minimum absolute atomic E-state index is 0.757. The maximum absolute atomic E-state index is 4.30. The van der Waals surface area contributed by atoms with E-state index >= 15 is 0 Å². The third-order valence-corrected chi connectivity index (χ3v) is 4.02. The molecule has 0 bridgehead atoms. The smallest absolute Gasteiger partial charge is 0.131 e. The highest BCUT2D eigenvalue weighted by Crippen LogP contribution is 2.22. The van der Waals surface area contributed by atoms with Gasteiger partial charge in [0, 0.05) is 35.9 Å². The van der Waals surface area contributed by atoms with Gasteiger partial charge in [-0.2, -0.15) is 5.10 Å². The Balaban J connectivity index is 1.89. The SMILES string of the molecule is C=C(Nc1c[nH]nc1C(=C)NCCCCC(C)C)c1ccc(C)nc1. The van der Waals surface area contributed by atoms with Crippen molar-refractivity contribution in [3.05, 3.63) is 54.6 Å². The molecule has 0 spiro atoms. The van der Waals surface area contributed by atoms with E-state index in [1.165, 1.54) is 12.8 Å². The van der Waals surface area contributed by atoms with Crippen LogP contribution < -0.4 is 10.6 Å². The van der Waals surface area contributed by atoms with Gasteiger partial charge < -0.3 is 10.6 Å². The Morgan fingerprint density at radius 2 is 2.00 bits per heavy atom. The fraction of sp³-hybridized carbons (Fsp3) is 0.400. The van der Waals surface area contributed by atoms with Crippen LogP contribution in [0.2, 0.25) is 0 Å². The Labute approximate surface area is 150 Å². The van der Waals surface area contributed by atoms with E-state index in [-0.39, 0.29) is 0 Å². The van der Waals surface area contributed by atoms with Gasteiger partial charge >= 0.3 is 0 Å². The summed E-state index contributed by atoms with van der Waals surface area (Å²) in [4.78, 5) is 4.30. The van der Waals surface area contributed by atoms with Crippen molar-refractivity contribution in [1.29, 1.82) is 0 Å². The number of nitrogens with one attached hydrogen (secondary N) is 3. The number of H-pyrrole nitrogens is 1. The van der Waals surface area contributed by atoms with Gasteiger partial charge in [-0.25, -0.2) is 0 Å². The van der Waals surface area contributed by atoms with E-state index in [9.17, 15) is 0 Å². The van der Waals surface area contributed by atoms with Crippen molar-refractivity contribution in [2.75, 3.05) is 11.9 Å². The van der Waals surface area contributed by atoms with Gasteiger partial charge in [-0.15, -0.1) is 0 Å². The number of rotatable bonds is 10. The second-order valence-corrected chi connectivity index (χ2v) is 6.73. The van der Waals surface area contributed by atoms with Crippen LogP contribution in [-0.2, 0) is 0 Å². The largest absolute Gasteiger partial charge is 0.384 e. The molecule has 0 saturated carbocycles. The molecular formula is C20H29N5. The summed E-state index contributed by atoms with van der Waals surface area (Å²) in [7, 11) is 0. The predicted molar refractivity (Wildman–Crippen MR) is 106 cm³/mol. The van der Waals surface area contributed by atoms with Crippen LogP contribution in [0.3, 0.4) is 0 Å². The second-order valence-electron chi connectivity index (χ2n) is 6.73. The van der Waals surface area contributed by atoms with E-state index in [1.807, 2.05) is 31.5 Å². The molecule has 0 saturated heterocycles. The molecule has 0 aromatic carbocycles. The monoisotopic (exact) mass is 339 g/mol. The quantitative estimate of drug-likeness (QED) is 0.554. The fourth-order valence-corrected chi connectivity index (χ4v) is 2.50. The molecule has 0 unspecified atom stereocenters. The third kappa shape index (κ3) is 5.78. The molecule has 2 aromatic heterocycles. The number of hydrogen-bond acceptors (Lipinski definition) is 4. The first kappa shape index (κ1) is 18.8. The lowest BCUT2D eigenvalue weighted by atomic mass is 10.1. The number of anilines is 1. The number of hydrogen-bond donors (Lipinski definition) is 3. The Morgan fingerprint density at radius 1 is 1.20 bits per heavy atom. The van der Waals surface area contributed by atoms with E-state index in [4.69, 9.17) is 0 Å². The molecule has 2 heterocycles. The van der Waals surface area contributed by atoms with Crippen LogP contribution in [0.15, 0.2) is 37.7 Å². The Hall–Kier alpha value is -2.56. The summed E-state index contributed by atoms with van der Waals surface area (Å²) in [5, 5.41) is 13.8. The highest BCUT2D eigenvalue weighted by Gasteiger charge is 2.11. The summed E-state index contributed by atoms with van der Waals surface area (Å²) < 4.78 is 0. The van der Waals surface area contributed by atoms with Crippen molar-refractivity contribution < 1.29 is 0 Å². The van der Waals surface area contributed by atoms with Crippen LogP contribution >= 0.6 is 0 Å². The van der Waals surface area contributed by atoms with Gasteiger partial charge in [0.15, 0.2) is 0 Å². The van der Waals surface area contributed by atoms with E-state index < -0.39 is 0 Å². The molecule has 2 aromatic rings. The summed E-state index contributed by atoms with van der Waals surface area (Å²) in [6.07, 6.45) is 7.24. The molecule has 2 rings (SSSR count). The predicted octanol–water partition coefficient (Wildman–Crippen LogP) is 4.58. The van der Waals surface area contributed by atoms with E-state index in [0.717, 1.165) is 52.9 Å². The maximum Gasteiger partial charge on any atom is 0.131 e. The number of aryl methyl sites for hydroxylation is 1. The van der Waals surface area contributed by atoms with Crippen LogP contribution in [0, 0.1) is 12.8 Å². The molecular weight excluding hydrogens is 310 g/mol. The first-order valence-electron chi connectivity index (χ1n) is 8.83. The van der Waals surface area contributed by atoms with Crippen LogP contribution in [0.25, 0.3) is 11.4 Å². The summed E-state index contributed by atoms with van der Waals surface area (Å²) in [5.41, 5.74) is 5.15. The molecule has 0 radical (unpaired) electrons. The first-order chi connectivity index (χ1) is 12.0. The van der Waals surface area contributed by atoms with Gasteiger partial charge in [0.05, 0.1) is 11.4 Å². The average molecular weight is 339 g/mol. The van der Waals surface area contributed by atoms with Gasteiger partial charge in [-0.1, -0.05) is 39.8 Å². The van der Waals surface area contributed by atoms with Crippen molar-refractivity contribution in [2.24, 2.45) is 5.92 Å². The second kappa shape index (κ2) is 9.06. The number of unbranched alkanes of at least 4 members (excludes halogenated alkanes) is 1.